The second-order valence-corrected chi connectivity index (χ2v) is 7.48. The largest absolute Gasteiger partial charge is 0.491 e. The molecule has 184 valence electrons. The van der Waals surface area contributed by atoms with Crippen LogP contribution in [-0.2, 0) is 0 Å². The number of hydrogen-bond donors (Lipinski definition) is 0. The first-order valence-electron chi connectivity index (χ1n) is 10.6. The summed E-state index contributed by atoms with van der Waals surface area (Å²) in [7, 11) is 0. The fourth-order valence-electron chi connectivity index (χ4n) is 3.90. The van der Waals surface area contributed by atoms with Crippen LogP contribution < -0.4 is 14.2 Å². The van der Waals surface area contributed by atoms with Crippen LogP contribution in [0.25, 0.3) is 11.1 Å². The average molecular weight is 496 g/mol. The molecule has 4 nitrogen and oxygen atoms in total. The van der Waals surface area contributed by atoms with Gasteiger partial charge in [0.25, 0.3) is 0 Å². The normalized spacial score (nSPS) is 16.3. The number of esters is 1. The number of benzene rings is 3. The molecule has 3 aromatic rings. The van der Waals surface area contributed by atoms with Crippen molar-refractivity contribution < 1.29 is 45.3 Å². The molecule has 0 spiro atoms. The van der Waals surface area contributed by atoms with E-state index in [-0.39, 0.29) is 30.1 Å². The van der Waals surface area contributed by atoms with Crippen molar-refractivity contribution in [2.75, 3.05) is 13.2 Å². The molecule has 1 aliphatic carbocycles. The number of rotatable bonds is 6. The summed E-state index contributed by atoms with van der Waals surface area (Å²) in [5.74, 6) is -8.59. The van der Waals surface area contributed by atoms with E-state index in [9.17, 15) is 26.7 Å². The minimum absolute atomic E-state index is 0.0421. The number of alkyl halides is 2. The van der Waals surface area contributed by atoms with E-state index in [0.29, 0.717) is 0 Å². The van der Waals surface area contributed by atoms with E-state index < -0.39 is 69.8 Å². The first-order valence-corrected chi connectivity index (χ1v) is 10.6. The second kappa shape index (κ2) is 9.52. The van der Waals surface area contributed by atoms with E-state index in [2.05, 4.69) is 0 Å². The first-order chi connectivity index (χ1) is 16.7. The van der Waals surface area contributed by atoms with E-state index in [1.165, 1.54) is 12.1 Å². The SMILES string of the molecule is CCOc1ccc(C(=O)Oc2ccc3c(c2F)C(F)C(F)c2c-3ccc(OCC)c2F)c(F)c1F. The van der Waals surface area contributed by atoms with Gasteiger partial charge in [-0.15, -0.1) is 0 Å². The highest BCUT2D eigenvalue weighted by atomic mass is 19.2. The van der Waals surface area contributed by atoms with Crippen molar-refractivity contribution in [1.29, 1.82) is 0 Å². The Labute approximate surface area is 196 Å². The van der Waals surface area contributed by atoms with E-state index >= 15 is 4.39 Å². The zero-order chi connectivity index (χ0) is 25.4. The molecule has 0 heterocycles. The van der Waals surface area contributed by atoms with Gasteiger partial charge in [-0.05, 0) is 49.2 Å². The molecule has 0 saturated heterocycles. The van der Waals surface area contributed by atoms with Gasteiger partial charge in [0.15, 0.2) is 47.0 Å². The van der Waals surface area contributed by atoms with Crippen molar-refractivity contribution in [2.45, 2.75) is 26.2 Å². The smallest absolute Gasteiger partial charge is 0.346 e. The van der Waals surface area contributed by atoms with Gasteiger partial charge < -0.3 is 14.2 Å². The number of ether oxygens (including phenoxy) is 3. The highest BCUT2D eigenvalue weighted by Crippen LogP contribution is 2.52. The average Bonchev–Trinajstić information content (AvgIpc) is 2.83. The fraction of sp³-hybridized carbons (Fsp3) is 0.240. The second-order valence-electron chi connectivity index (χ2n) is 7.48. The van der Waals surface area contributed by atoms with Crippen molar-refractivity contribution in [2.24, 2.45) is 0 Å². The third-order valence-corrected chi connectivity index (χ3v) is 5.46. The molecule has 2 atom stereocenters. The van der Waals surface area contributed by atoms with Crippen molar-refractivity contribution >= 4 is 5.97 Å². The van der Waals surface area contributed by atoms with Crippen LogP contribution in [0.1, 0.15) is 47.7 Å². The van der Waals surface area contributed by atoms with Crippen LogP contribution in [0.3, 0.4) is 0 Å². The van der Waals surface area contributed by atoms with Gasteiger partial charge in [0.05, 0.1) is 18.8 Å². The summed E-state index contributed by atoms with van der Waals surface area (Å²) in [6.07, 6.45) is -5.21. The van der Waals surface area contributed by atoms with E-state index in [0.717, 1.165) is 24.3 Å². The summed E-state index contributed by atoms with van der Waals surface area (Å²) >= 11 is 0. The van der Waals surface area contributed by atoms with Crippen LogP contribution in [0.2, 0.25) is 0 Å². The van der Waals surface area contributed by atoms with Crippen molar-refractivity contribution in [3.8, 4) is 28.4 Å². The Bertz CT molecular complexity index is 1310. The molecule has 0 bridgehead atoms. The van der Waals surface area contributed by atoms with Gasteiger partial charge in [0.2, 0.25) is 5.82 Å². The van der Waals surface area contributed by atoms with Crippen LogP contribution in [0.5, 0.6) is 17.2 Å². The van der Waals surface area contributed by atoms with Crippen LogP contribution in [-0.4, -0.2) is 19.2 Å². The summed E-state index contributed by atoms with van der Waals surface area (Å²) in [5.41, 5.74) is -2.53. The highest BCUT2D eigenvalue weighted by Gasteiger charge is 2.40. The number of fused-ring (bicyclic) bond motifs is 3. The predicted molar refractivity (Wildman–Crippen MR) is 113 cm³/mol. The Balaban J connectivity index is 1.73. The lowest BCUT2D eigenvalue weighted by molar-refractivity contribution is 0.0719. The van der Waals surface area contributed by atoms with E-state index in [1.54, 1.807) is 13.8 Å². The Morgan fingerprint density at radius 3 is 1.69 bits per heavy atom. The molecule has 0 aromatic heterocycles. The zero-order valence-corrected chi connectivity index (χ0v) is 18.4. The minimum Gasteiger partial charge on any atom is -0.491 e. The highest BCUT2D eigenvalue weighted by molar-refractivity contribution is 5.92. The van der Waals surface area contributed by atoms with Gasteiger partial charge in [-0.3, -0.25) is 0 Å². The van der Waals surface area contributed by atoms with Gasteiger partial charge in [-0.2, -0.15) is 4.39 Å². The standard InChI is InChI=1S/C25H18F6O4/c1-3-33-14-8-5-11-12-6-10-16(21(28)18(12)24(31)23(30)17(11)20(14)27)35-25(32)13-7-9-15(34-4-2)22(29)19(13)26/h5-10,23-24H,3-4H2,1-2H3. The molecule has 10 heteroatoms. The number of carbonyl (C=O) groups is 1. The molecule has 1 aliphatic rings. The molecule has 4 rings (SSSR count). The molecular formula is C25H18F6O4. The molecular weight excluding hydrogens is 478 g/mol. The molecule has 0 radical (unpaired) electrons. The third-order valence-electron chi connectivity index (χ3n) is 5.46. The molecule has 0 amide bonds. The molecule has 0 N–H and O–H groups in total. The molecule has 35 heavy (non-hydrogen) atoms. The summed E-state index contributed by atoms with van der Waals surface area (Å²) in [5, 5.41) is 0. The van der Waals surface area contributed by atoms with Crippen LogP contribution >= 0.6 is 0 Å². The molecule has 0 saturated carbocycles. The van der Waals surface area contributed by atoms with Crippen molar-refractivity contribution in [3.63, 3.8) is 0 Å². The Morgan fingerprint density at radius 1 is 0.686 bits per heavy atom. The zero-order valence-electron chi connectivity index (χ0n) is 18.4. The van der Waals surface area contributed by atoms with Crippen molar-refractivity contribution in [3.05, 3.63) is 76.4 Å². The lowest BCUT2D eigenvalue weighted by atomic mass is 9.82. The molecule has 0 aliphatic heterocycles. The first kappa shape index (κ1) is 24.4. The van der Waals surface area contributed by atoms with Gasteiger partial charge in [-0.25, -0.2) is 26.7 Å². The minimum atomic E-state index is -2.64. The molecule has 3 aromatic carbocycles. The summed E-state index contributed by atoms with van der Waals surface area (Å²) in [4.78, 5) is 12.4. The molecule has 2 unspecified atom stereocenters. The maximum atomic E-state index is 15.2. The van der Waals surface area contributed by atoms with Gasteiger partial charge in [-0.1, -0.05) is 12.1 Å². The monoisotopic (exact) mass is 496 g/mol. The van der Waals surface area contributed by atoms with Crippen LogP contribution in [0.15, 0.2) is 36.4 Å². The topological polar surface area (TPSA) is 44.8 Å². The van der Waals surface area contributed by atoms with Crippen molar-refractivity contribution in [1.82, 2.24) is 0 Å². The van der Waals surface area contributed by atoms with Gasteiger partial charge in [0.1, 0.15) is 0 Å². The van der Waals surface area contributed by atoms with Gasteiger partial charge >= 0.3 is 5.97 Å². The van der Waals surface area contributed by atoms with Crippen LogP contribution in [0.4, 0.5) is 26.3 Å². The lowest BCUT2D eigenvalue weighted by Gasteiger charge is -2.28. The summed E-state index contributed by atoms with van der Waals surface area (Å²) < 4.78 is 103. The predicted octanol–water partition coefficient (Wildman–Crippen LogP) is 6.96. The Hall–Kier alpha value is -3.69. The van der Waals surface area contributed by atoms with E-state index in [1.807, 2.05) is 0 Å². The third kappa shape index (κ3) is 4.06. The number of halogens is 6. The Kier molecular flexibility index (Phi) is 6.64. The number of carbonyl (C=O) groups excluding carboxylic acids is 1. The number of hydrogen-bond acceptors (Lipinski definition) is 4. The molecule has 0 fully saturated rings. The fourth-order valence-corrected chi connectivity index (χ4v) is 3.90. The van der Waals surface area contributed by atoms with E-state index in [4.69, 9.17) is 14.2 Å². The van der Waals surface area contributed by atoms with Crippen LogP contribution in [0, 0.1) is 23.3 Å². The maximum absolute atomic E-state index is 15.2. The summed E-state index contributed by atoms with van der Waals surface area (Å²) in [6.45, 7) is 3.26. The summed E-state index contributed by atoms with van der Waals surface area (Å²) in [6, 6.07) is 6.40. The maximum Gasteiger partial charge on any atom is 0.346 e. The quantitative estimate of drug-likeness (QED) is 0.210. The van der Waals surface area contributed by atoms with Gasteiger partial charge in [0, 0.05) is 11.1 Å². The Morgan fingerprint density at radius 2 is 1.14 bits per heavy atom. The lowest BCUT2D eigenvalue weighted by Crippen LogP contribution is -2.18.